The average Bonchev–Trinajstić information content (AvgIpc) is 3.20. The molecule has 1 amide bonds. The number of halogens is 1. The molecule has 21 heavy (non-hydrogen) atoms. The lowest BCUT2D eigenvalue weighted by Gasteiger charge is -2.23. The number of thiophene rings is 1. The Morgan fingerprint density at radius 2 is 2.24 bits per heavy atom. The lowest BCUT2D eigenvalue weighted by atomic mass is 10.1. The second kappa shape index (κ2) is 6.08. The Bertz CT molecular complexity index is 638. The van der Waals surface area contributed by atoms with Crippen LogP contribution in [0, 0.1) is 0 Å². The van der Waals surface area contributed by atoms with Crippen molar-refractivity contribution in [2.75, 3.05) is 7.11 Å². The Kier molecular flexibility index (Phi) is 4.17. The van der Waals surface area contributed by atoms with Crippen LogP contribution in [0.1, 0.15) is 28.8 Å². The highest BCUT2D eigenvalue weighted by molar-refractivity contribution is 7.07. The van der Waals surface area contributed by atoms with E-state index in [-0.39, 0.29) is 5.91 Å². The Balaban J connectivity index is 1.89. The molecule has 0 N–H and O–H groups in total. The van der Waals surface area contributed by atoms with E-state index in [1.165, 1.54) is 5.56 Å². The summed E-state index contributed by atoms with van der Waals surface area (Å²) in [6, 6.07) is 7.55. The maximum Gasteiger partial charge on any atom is 0.258 e. The van der Waals surface area contributed by atoms with E-state index in [4.69, 9.17) is 16.3 Å². The number of nitrogens with zero attached hydrogens (tertiary/aromatic N) is 1. The fraction of sp³-hybridized carbons (Fsp3) is 0.312. The highest BCUT2D eigenvalue weighted by Crippen LogP contribution is 2.32. The fourth-order valence-electron chi connectivity index (χ4n) is 2.33. The van der Waals surface area contributed by atoms with Gasteiger partial charge in [0.2, 0.25) is 0 Å². The van der Waals surface area contributed by atoms with Crippen molar-refractivity contribution >= 4 is 28.8 Å². The van der Waals surface area contributed by atoms with E-state index in [1.54, 1.807) is 36.6 Å². The number of hydrogen-bond acceptors (Lipinski definition) is 3. The van der Waals surface area contributed by atoms with E-state index >= 15 is 0 Å². The van der Waals surface area contributed by atoms with Crippen LogP contribution in [0.25, 0.3) is 0 Å². The van der Waals surface area contributed by atoms with Gasteiger partial charge in [-0.2, -0.15) is 11.3 Å². The minimum absolute atomic E-state index is 0.0111. The first-order valence-corrected chi connectivity index (χ1v) is 8.16. The highest BCUT2D eigenvalue weighted by Gasteiger charge is 2.34. The van der Waals surface area contributed by atoms with Gasteiger partial charge in [-0.15, -0.1) is 0 Å². The van der Waals surface area contributed by atoms with Gasteiger partial charge in [-0.1, -0.05) is 11.6 Å². The zero-order chi connectivity index (χ0) is 14.8. The van der Waals surface area contributed by atoms with Gasteiger partial charge >= 0.3 is 0 Å². The summed E-state index contributed by atoms with van der Waals surface area (Å²) in [5.41, 5.74) is 1.70. The van der Waals surface area contributed by atoms with Crippen LogP contribution in [0.3, 0.4) is 0 Å². The summed E-state index contributed by atoms with van der Waals surface area (Å²) in [7, 11) is 1.57. The second-order valence-electron chi connectivity index (χ2n) is 5.14. The number of methoxy groups -OCH3 is 1. The molecule has 2 aromatic rings. The summed E-state index contributed by atoms with van der Waals surface area (Å²) in [6.45, 7) is 0.642. The van der Waals surface area contributed by atoms with Crippen molar-refractivity contribution in [3.63, 3.8) is 0 Å². The number of carbonyl (C=O) groups excluding carboxylic acids is 1. The number of rotatable bonds is 5. The molecule has 1 heterocycles. The molecule has 1 aliphatic rings. The maximum absolute atomic E-state index is 12.9. The van der Waals surface area contributed by atoms with Gasteiger partial charge in [-0.3, -0.25) is 4.79 Å². The summed E-state index contributed by atoms with van der Waals surface area (Å²) in [6.07, 6.45) is 2.14. The Morgan fingerprint density at radius 1 is 1.43 bits per heavy atom. The first-order valence-electron chi connectivity index (χ1n) is 6.84. The third-order valence-electron chi connectivity index (χ3n) is 3.57. The van der Waals surface area contributed by atoms with Crippen LogP contribution in [0.2, 0.25) is 5.02 Å². The third-order valence-corrected chi connectivity index (χ3v) is 4.54. The summed E-state index contributed by atoms with van der Waals surface area (Å²) in [4.78, 5) is 14.8. The summed E-state index contributed by atoms with van der Waals surface area (Å²) in [5, 5.41) is 4.66. The molecule has 0 spiro atoms. The van der Waals surface area contributed by atoms with Gasteiger partial charge in [0.15, 0.2) is 0 Å². The van der Waals surface area contributed by atoms with Gasteiger partial charge in [0.05, 0.1) is 12.7 Å². The normalized spacial score (nSPS) is 14.0. The number of amides is 1. The number of hydrogen-bond donors (Lipinski definition) is 0. The van der Waals surface area contributed by atoms with Gasteiger partial charge in [0.1, 0.15) is 5.75 Å². The minimum Gasteiger partial charge on any atom is -0.496 e. The Morgan fingerprint density at radius 3 is 2.86 bits per heavy atom. The van der Waals surface area contributed by atoms with Crippen LogP contribution in [-0.2, 0) is 6.54 Å². The van der Waals surface area contributed by atoms with Crippen molar-refractivity contribution in [2.45, 2.75) is 25.4 Å². The lowest BCUT2D eigenvalue weighted by molar-refractivity contribution is 0.0726. The molecule has 0 radical (unpaired) electrons. The molecule has 0 unspecified atom stereocenters. The van der Waals surface area contributed by atoms with Gasteiger partial charge in [0.25, 0.3) is 5.91 Å². The zero-order valence-electron chi connectivity index (χ0n) is 11.7. The predicted octanol–water partition coefficient (Wildman–Crippen LogP) is 4.21. The van der Waals surface area contributed by atoms with E-state index in [0.717, 1.165) is 12.8 Å². The van der Waals surface area contributed by atoms with Crippen molar-refractivity contribution in [3.05, 3.63) is 51.2 Å². The molecule has 5 heteroatoms. The molecule has 0 aliphatic heterocycles. The van der Waals surface area contributed by atoms with Gasteiger partial charge in [0, 0.05) is 17.6 Å². The van der Waals surface area contributed by atoms with Gasteiger partial charge in [-0.25, -0.2) is 0 Å². The first-order chi connectivity index (χ1) is 10.2. The van der Waals surface area contributed by atoms with Crippen molar-refractivity contribution in [2.24, 2.45) is 0 Å². The van der Waals surface area contributed by atoms with E-state index < -0.39 is 0 Å². The smallest absolute Gasteiger partial charge is 0.258 e. The molecular formula is C16H16ClNO2S. The standard InChI is InChI=1S/C16H16ClNO2S/c1-20-15-5-2-12(17)8-14(15)16(19)18(13-3-4-13)9-11-6-7-21-10-11/h2,5-8,10,13H,3-4,9H2,1H3. The summed E-state index contributed by atoms with van der Waals surface area (Å²) < 4.78 is 5.30. The van der Waals surface area contributed by atoms with Crippen LogP contribution in [0.5, 0.6) is 5.75 Å². The molecule has 1 fully saturated rings. The van der Waals surface area contributed by atoms with E-state index in [0.29, 0.717) is 28.9 Å². The topological polar surface area (TPSA) is 29.5 Å². The average molecular weight is 322 g/mol. The third kappa shape index (κ3) is 3.22. The van der Waals surface area contributed by atoms with Crippen molar-refractivity contribution in [3.8, 4) is 5.75 Å². The molecular weight excluding hydrogens is 306 g/mol. The van der Waals surface area contributed by atoms with E-state index in [9.17, 15) is 4.79 Å². The maximum atomic E-state index is 12.9. The van der Waals surface area contributed by atoms with E-state index in [2.05, 4.69) is 11.4 Å². The second-order valence-corrected chi connectivity index (χ2v) is 6.36. The van der Waals surface area contributed by atoms with Crippen molar-refractivity contribution in [1.29, 1.82) is 0 Å². The van der Waals surface area contributed by atoms with Crippen LogP contribution in [0.15, 0.2) is 35.0 Å². The minimum atomic E-state index is -0.0111. The van der Waals surface area contributed by atoms with E-state index in [1.807, 2.05) is 10.3 Å². The molecule has 3 rings (SSSR count). The van der Waals surface area contributed by atoms with Gasteiger partial charge in [-0.05, 0) is 53.4 Å². The molecule has 110 valence electrons. The van der Waals surface area contributed by atoms with Crippen molar-refractivity contribution < 1.29 is 9.53 Å². The zero-order valence-corrected chi connectivity index (χ0v) is 13.3. The van der Waals surface area contributed by atoms with Gasteiger partial charge < -0.3 is 9.64 Å². The van der Waals surface area contributed by atoms with Crippen LogP contribution in [-0.4, -0.2) is 24.0 Å². The number of benzene rings is 1. The molecule has 0 saturated heterocycles. The summed E-state index contributed by atoms with van der Waals surface area (Å²) in [5.74, 6) is 0.559. The SMILES string of the molecule is COc1ccc(Cl)cc1C(=O)N(Cc1ccsc1)C1CC1. The molecule has 3 nitrogen and oxygen atoms in total. The molecule has 0 bridgehead atoms. The molecule has 1 aromatic carbocycles. The predicted molar refractivity (Wildman–Crippen MR) is 85.2 cm³/mol. The molecule has 1 aliphatic carbocycles. The summed E-state index contributed by atoms with van der Waals surface area (Å²) >= 11 is 7.68. The van der Waals surface area contributed by atoms with Crippen LogP contribution >= 0.6 is 22.9 Å². The lowest BCUT2D eigenvalue weighted by Crippen LogP contribution is -2.32. The van der Waals surface area contributed by atoms with Crippen LogP contribution < -0.4 is 4.74 Å². The van der Waals surface area contributed by atoms with Crippen molar-refractivity contribution in [1.82, 2.24) is 4.90 Å². The van der Waals surface area contributed by atoms with Crippen LogP contribution in [0.4, 0.5) is 0 Å². The first kappa shape index (κ1) is 14.4. The highest BCUT2D eigenvalue weighted by atomic mass is 35.5. The quantitative estimate of drug-likeness (QED) is 0.825. The number of ether oxygens (including phenoxy) is 1. The fourth-order valence-corrected chi connectivity index (χ4v) is 3.17. The largest absolute Gasteiger partial charge is 0.496 e. The monoisotopic (exact) mass is 321 g/mol. The molecule has 0 atom stereocenters. The number of carbonyl (C=O) groups is 1. The molecule has 1 saturated carbocycles. The Hall–Kier alpha value is -1.52. The molecule has 1 aromatic heterocycles. The Labute approximate surface area is 133 Å².